The molecule has 2 aliphatic rings. The van der Waals surface area contributed by atoms with Crippen LogP contribution in [-0.4, -0.2) is 37.7 Å². The van der Waals surface area contributed by atoms with Gasteiger partial charge in [-0.15, -0.1) is 0 Å². The molecule has 0 radical (unpaired) electrons. The van der Waals surface area contributed by atoms with E-state index in [1.54, 1.807) is 7.11 Å². The van der Waals surface area contributed by atoms with E-state index in [0.717, 1.165) is 27.8 Å². The van der Waals surface area contributed by atoms with Crippen LogP contribution < -0.4 is 9.47 Å². The molecule has 0 saturated carbocycles. The minimum Gasteiger partial charge on any atom is -0.507 e. The Kier molecular flexibility index (Phi) is 18.4. The summed E-state index contributed by atoms with van der Waals surface area (Å²) in [5.74, 6) is -1.22. The molecule has 0 aromatic heterocycles. The van der Waals surface area contributed by atoms with E-state index in [4.69, 9.17) is 9.47 Å². The Bertz CT molecular complexity index is 4280. The van der Waals surface area contributed by atoms with Crippen LogP contribution in [0.3, 0.4) is 0 Å². The summed E-state index contributed by atoms with van der Waals surface area (Å²) in [5.41, 5.74) is 7.31. The highest BCUT2D eigenvalue weighted by molar-refractivity contribution is 5.69. The number of aromatic hydroxyl groups is 6. The van der Waals surface area contributed by atoms with Crippen LogP contribution in [0.1, 0.15) is 303 Å². The quantitative estimate of drug-likeness (QED) is 0.0955. The Balaban J connectivity index is 1.35. The van der Waals surface area contributed by atoms with Crippen molar-refractivity contribution in [3.8, 4) is 51.7 Å². The molecular formula is C89H112O8. The van der Waals surface area contributed by atoms with Crippen molar-refractivity contribution in [3.05, 3.63) is 229 Å². The van der Waals surface area contributed by atoms with Crippen molar-refractivity contribution in [1.29, 1.82) is 0 Å². The summed E-state index contributed by atoms with van der Waals surface area (Å²) in [5, 5.41) is 80.6. The van der Waals surface area contributed by atoms with Crippen LogP contribution in [0.5, 0.6) is 51.7 Å². The van der Waals surface area contributed by atoms with Crippen molar-refractivity contribution in [2.24, 2.45) is 43.3 Å². The number of fused-ring (bicyclic) bond motifs is 12. The highest BCUT2D eigenvalue weighted by Crippen LogP contribution is 2.64. The third-order valence-corrected chi connectivity index (χ3v) is 21.2. The van der Waals surface area contributed by atoms with Gasteiger partial charge in [0.2, 0.25) is 0 Å². The first-order valence-electron chi connectivity index (χ1n) is 35.2. The van der Waals surface area contributed by atoms with Crippen LogP contribution in [0, 0.1) is 43.3 Å². The molecule has 2 heterocycles. The summed E-state index contributed by atoms with van der Waals surface area (Å²) in [4.78, 5) is 0. The van der Waals surface area contributed by atoms with E-state index in [0.29, 0.717) is 78.4 Å². The third kappa shape index (κ3) is 12.9. The Morgan fingerprint density at radius 3 is 0.577 bits per heavy atom. The second-order valence-corrected chi connectivity index (χ2v) is 37.1. The number of phenolic OH excluding ortho intramolecular Hbond substituents is 6. The monoisotopic (exact) mass is 1310 g/mol. The maximum atomic E-state index is 13.6. The largest absolute Gasteiger partial charge is 0.507 e. The van der Waals surface area contributed by atoms with Crippen LogP contribution >= 0.6 is 0 Å². The van der Waals surface area contributed by atoms with Crippen LogP contribution in [0.15, 0.2) is 140 Å². The van der Waals surface area contributed by atoms with Crippen molar-refractivity contribution in [1.82, 2.24) is 0 Å². The standard InChI is InChI=1S/C89H112O8/c1-82(2,3)66-49-33-26-35-51(74(49)90)67(83(4,5)6)53-37-28-39-55(76(53)92)69(85(10,11)12)57-41-30-43-59(78(57)94)71(87(16,17)18)61-45-32-46-62-73(89(22,23)24)65-64(96-25)48-47-63(81(65)97-80(61)62)72(88(19,20)21)60-44-31-42-58(79(60)95)70(86(13,14)15)56-40-29-38-54(77(56)93)68(84(7,8)9)52-36-27-34-50(66)75(52)91/h26-48,66-73,90-95H,1-25H3. The zero-order chi connectivity index (χ0) is 71.7. The van der Waals surface area contributed by atoms with Gasteiger partial charge < -0.3 is 40.1 Å². The SMILES string of the molecule is COc1ccc2c3c1C(C(C)(C)C)c1cccc(c1O3)C(C(C)(C)C)c1cccc(c1O)C(C(C)(C)C)c1cccc(c1O)C(C(C)(C)C)c1cccc(c1O)C(C(C)(C)C)c1cccc(c1O)C(C(C)(C)C)c1cccc(c1O)C(C(C)(C)C)c1cccc(c1O)C2C(C)(C)C. The summed E-state index contributed by atoms with van der Waals surface area (Å²) in [6.45, 7) is 52.2. The minimum atomic E-state index is -0.576. The molecule has 0 amide bonds. The van der Waals surface area contributed by atoms with Crippen molar-refractivity contribution in [2.45, 2.75) is 214 Å². The van der Waals surface area contributed by atoms with Crippen LogP contribution in [0.2, 0.25) is 0 Å². The van der Waals surface area contributed by atoms with Gasteiger partial charge in [0, 0.05) is 136 Å². The van der Waals surface area contributed by atoms with E-state index in [1.807, 2.05) is 109 Å². The molecule has 8 unspecified atom stereocenters. The van der Waals surface area contributed by atoms with Gasteiger partial charge in [-0.3, -0.25) is 0 Å². The number of hydrogen-bond acceptors (Lipinski definition) is 8. The van der Waals surface area contributed by atoms with Gasteiger partial charge in [-0.1, -0.05) is 300 Å². The zero-order valence-electron chi connectivity index (χ0n) is 62.9. The van der Waals surface area contributed by atoms with Gasteiger partial charge in [0.25, 0.3) is 0 Å². The molecule has 8 nitrogen and oxygen atoms in total. The van der Waals surface area contributed by atoms with Crippen LogP contribution in [0.25, 0.3) is 0 Å². The number of phenols is 6. The molecule has 8 aromatic carbocycles. The predicted octanol–water partition coefficient (Wildman–Crippen LogP) is 23.8. The van der Waals surface area contributed by atoms with Gasteiger partial charge >= 0.3 is 0 Å². The van der Waals surface area contributed by atoms with E-state index in [9.17, 15) is 30.6 Å². The van der Waals surface area contributed by atoms with Gasteiger partial charge in [-0.2, -0.15) is 0 Å². The molecule has 2 aliphatic heterocycles. The average molecular weight is 1310 g/mol. The van der Waals surface area contributed by atoms with Crippen molar-refractivity contribution >= 4 is 0 Å². The van der Waals surface area contributed by atoms with E-state index in [2.05, 4.69) is 197 Å². The Labute approximate surface area is 581 Å². The van der Waals surface area contributed by atoms with Crippen molar-refractivity contribution < 1.29 is 40.1 Å². The lowest BCUT2D eigenvalue weighted by Gasteiger charge is -2.43. The molecule has 0 fully saturated rings. The Morgan fingerprint density at radius 1 is 0.227 bits per heavy atom. The first-order valence-corrected chi connectivity index (χ1v) is 35.2. The Hall–Kier alpha value is -7.84. The number of benzene rings is 8. The predicted molar refractivity (Wildman–Crippen MR) is 399 cm³/mol. The minimum absolute atomic E-state index is 0.0767. The van der Waals surface area contributed by atoms with E-state index < -0.39 is 84.7 Å². The molecule has 0 saturated heterocycles. The second kappa shape index (κ2) is 24.9. The van der Waals surface area contributed by atoms with E-state index in [-0.39, 0.29) is 40.4 Å². The molecule has 8 heteroatoms. The summed E-state index contributed by atoms with van der Waals surface area (Å²) >= 11 is 0. The number of para-hydroxylation sites is 7. The van der Waals surface area contributed by atoms with Gasteiger partial charge in [0.15, 0.2) is 0 Å². The van der Waals surface area contributed by atoms with Crippen molar-refractivity contribution in [3.63, 3.8) is 0 Å². The van der Waals surface area contributed by atoms with Gasteiger partial charge in [-0.05, 0) is 49.4 Å². The zero-order valence-corrected chi connectivity index (χ0v) is 62.9. The molecule has 8 atom stereocenters. The molecule has 10 rings (SSSR count). The third-order valence-electron chi connectivity index (χ3n) is 21.2. The lowest BCUT2D eigenvalue weighted by atomic mass is 9.65. The Morgan fingerprint density at radius 2 is 0.392 bits per heavy atom. The van der Waals surface area contributed by atoms with Crippen LogP contribution in [-0.2, 0) is 0 Å². The fraction of sp³-hybridized carbons (Fsp3) is 0.461. The maximum Gasteiger partial charge on any atom is 0.138 e. The number of hydrogen-bond donors (Lipinski definition) is 6. The molecule has 0 aliphatic carbocycles. The molecular weight excluding hydrogens is 1200 g/mol. The van der Waals surface area contributed by atoms with Crippen LogP contribution in [0.4, 0.5) is 0 Å². The smallest absolute Gasteiger partial charge is 0.138 e. The summed E-state index contributed by atoms with van der Waals surface area (Å²) in [6.07, 6.45) is 0. The number of methoxy groups -OCH3 is 1. The van der Waals surface area contributed by atoms with Gasteiger partial charge in [0.05, 0.1) is 7.11 Å². The highest BCUT2D eigenvalue weighted by atomic mass is 16.5. The average Bonchev–Trinajstić information content (AvgIpc) is 0.622. The topological polar surface area (TPSA) is 140 Å². The molecule has 14 bridgehead atoms. The first-order chi connectivity index (χ1) is 44.7. The fourth-order valence-corrected chi connectivity index (χ4v) is 17.7. The molecule has 97 heavy (non-hydrogen) atoms. The fourth-order valence-electron chi connectivity index (χ4n) is 17.7. The van der Waals surface area contributed by atoms with E-state index >= 15 is 0 Å². The van der Waals surface area contributed by atoms with Gasteiger partial charge in [0.1, 0.15) is 51.7 Å². The maximum absolute atomic E-state index is 13.6. The normalized spacial score (nSPS) is 20.5. The highest BCUT2D eigenvalue weighted by Gasteiger charge is 2.48. The molecule has 8 aromatic rings. The van der Waals surface area contributed by atoms with E-state index in [1.165, 1.54) is 0 Å². The van der Waals surface area contributed by atoms with Crippen molar-refractivity contribution in [2.75, 3.05) is 7.11 Å². The lowest BCUT2D eigenvalue weighted by molar-refractivity contribution is 0.292. The number of rotatable bonds is 1. The molecule has 0 spiro atoms. The summed E-state index contributed by atoms with van der Waals surface area (Å²) in [7, 11) is 1.72. The first kappa shape index (κ1) is 71.9. The second-order valence-electron chi connectivity index (χ2n) is 37.1. The molecule has 6 N–H and O–H groups in total. The van der Waals surface area contributed by atoms with Gasteiger partial charge in [-0.25, -0.2) is 0 Å². The number of ether oxygens (including phenoxy) is 2. The summed E-state index contributed by atoms with van der Waals surface area (Å²) in [6, 6.07) is 46.5. The summed E-state index contributed by atoms with van der Waals surface area (Å²) < 4.78 is 14.2. The molecule has 516 valence electrons. The lowest BCUT2D eigenvalue weighted by Crippen LogP contribution is -2.28.